The molecular formula is C17H24ClN5O3. The summed E-state index contributed by atoms with van der Waals surface area (Å²) in [5.74, 6) is 2.08. The predicted octanol–water partition coefficient (Wildman–Crippen LogP) is 1.03. The maximum atomic E-state index is 11.9. The Morgan fingerprint density at radius 3 is 2.54 bits per heavy atom. The van der Waals surface area contributed by atoms with Crippen molar-refractivity contribution in [3.63, 3.8) is 0 Å². The molecule has 3 rings (SSSR count). The van der Waals surface area contributed by atoms with E-state index in [4.69, 9.17) is 9.26 Å². The van der Waals surface area contributed by atoms with Gasteiger partial charge < -0.3 is 19.5 Å². The Morgan fingerprint density at radius 1 is 1.23 bits per heavy atom. The highest BCUT2D eigenvalue weighted by atomic mass is 35.5. The van der Waals surface area contributed by atoms with E-state index in [0.29, 0.717) is 24.8 Å². The molecule has 142 valence electrons. The van der Waals surface area contributed by atoms with Crippen molar-refractivity contribution in [1.82, 2.24) is 25.3 Å². The number of hydrogen-bond acceptors (Lipinski definition) is 7. The SMILES string of the molecule is CNCC(=O)N1CCN(Cc2nc(-c3ccc(OC)cc3)no2)CC1.Cl. The molecule has 0 spiro atoms. The zero-order chi connectivity index (χ0) is 17.6. The Labute approximate surface area is 158 Å². The second-order valence-corrected chi connectivity index (χ2v) is 5.93. The lowest BCUT2D eigenvalue weighted by Gasteiger charge is -2.33. The van der Waals surface area contributed by atoms with Crippen molar-refractivity contribution in [1.29, 1.82) is 0 Å². The third-order valence-corrected chi connectivity index (χ3v) is 4.23. The summed E-state index contributed by atoms with van der Waals surface area (Å²) in [6.45, 7) is 4.03. The van der Waals surface area contributed by atoms with E-state index in [1.165, 1.54) is 0 Å². The molecule has 1 fully saturated rings. The van der Waals surface area contributed by atoms with Crippen LogP contribution in [-0.2, 0) is 11.3 Å². The maximum absolute atomic E-state index is 11.9. The predicted molar refractivity (Wildman–Crippen MR) is 99.3 cm³/mol. The summed E-state index contributed by atoms with van der Waals surface area (Å²) in [5, 5.41) is 6.94. The normalized spacial score (nSPS) is 14.8. The fraction of sp³-hybridized carbons (Fsp3) is 0.471. The molecule has 0 aliphatic carbocycles. The highest BCUT2D eigenvalue weighted by molar-refractivity contribution is 5.85. The van der Waals surface area contributed by atoms with Gasteiger partial charge in [-0.25, -0.2) is 0 Å². The zero-order valence-electron chi connectivity index (χ0n) is 15.0. The van der Waals surface area contributed by atoms with E-state index in [-0.39, 0.29) is 18.3 Å². The van der Waals surface area contributed by atoms with E-state index in [1.54, 1.807) is 14.2 Å². The molecule has 2 aromatic rings. The smallest absolute Gasteiger partial charge is 0.241 e. The van der Waals surface area contributed by atoms with Crippen LogP contribution in [0.15, 0.2) is 28.8 Å². The van der Waals surface area contributed by atoms with E-state index in [9.17, 15) is 4.79 Å². The number of nitrogens with one attached hydrogen (secondary N) is 1. The summed E-state index contributed by atoms with van der Waals surface area (Å²) in [7, 11) is 3.41. The van der Waals surface area contributed by atoms with Crippen LogP contribution in [0.2, 0.25) is 0 Å². The molecule has 0 radical (unpaired) electrons. The number of ether oxygens (including phenoxy) is 1. The summed E-state index contributed by atoms with van der Waals surface area (Å²) >= 11 is 0. The number of aromatic nitrogens is 2. The highest BCUT2D eigenvalue weighted by Gasteiger charge is 2.22. The van der Waals surface area contributed by atoms with Crippen LogP contribution in [0.4, 0.5) is 0 Å². The van der Waals surface area contributed by atoms with Crippen molar-refractivity contribution in [2.45, 2.75) is 6.54 Å². The fourth-order valence-electron chi connectivity index (χ4n) is 2.79. The quantitative estimate of drug-likeness (QED) is 0.800. The van der Waals surface area contributed by atoms with Gasteiger partial charge in [0, 0.05) is 31.7 Å². The van der Waals surface area contributed by atoms with Crippen molar-refractivity contribution in [3.05, 3.63) is 30.2 Å². The first-order chi connectivity index (χ1) is 12.2. The van der Waals surface area contributed by atoms with E-state index in [2.05, 4.69) is 20.4 Å². The van der Waals surface area contributed by atoms with Gasteiger partial charge in [-0.05, 0) is 31.3 Å². The van der Waals surface area contributed by atoms with Crippen LogP contribution in [-0.4, -0.2) is 72.7 Å². The first kappa shape index (κ1) is 20.2. The Hall–Kier alpha value is -2.16. The Morgan fingerprint density at radius 2 is 1.92 bits per heavy atom. The number of methoxy groups -OCH3 is 1. The van der Waals surface area contributed by atoms with E-state index in [0.717, 1.165) is 37.5 Å². The van der Waals surface area contributed by atoms with Gasteiger partial charge in [0.25, 0.3) is 0 Å². The number of carbonyl (C=O) groups excluding carboxylic acids is 1. The lowest BCUT2D eigenvalue weighted by atomic mass is 10.2. The van der Waals surface area contributed by atoms with Crippen molar-refractivity contribution >= 4 is 18.3 Å². The third-order valence-electron chi connectivity index (χ3n) is 4.23. The number of halogens is 1. The summed E-state index contributed by atoms with van der Waals surface area (Å²) in [6.07, 6.45) is 0. The molecule has 1 N–H and O–H groups in total. The van der Waals surface area contributed by atoms with Crippen molar-refractivity contribution in [3.8, 4) is 17.1 Å². The summed E-state index contributed by atoms with van der Waals surface area (Å²) in [5.41, 5.74) is 0.887. The summed E-state index contributed by atoms with van der Waals surface area (Å²) in [6, 6.07) is 7.54. The number of likely N-dealkylation sites (N-methyl/N-ethyl adjacent to an activating group) is 1. The molecule has 2 heterocycles. The second-order valence-electron chi connectivity index (χ2n) is 5.93. The van der Waals surface area contributed by atoms with Crippen LogP contribution >= 0.6 is 12.4 Å². The Kier molecular flexibility index (Phi) is 7.38. The Balaban J connectivity index is 0.00000243. The van der Waals surface area contributed by atoms with Gasteiger partial charge in [-0.3, -0.25) is 9.69 Å². The number of amides is 1. The molecule has 1 amide bonds. The molecule has 0 unspecified atom stereocenters. The monoisotopic (exact) mass is 381 g/mol. The number of hydrogen-bond donors (Lipinski definition) is 1. The minimum Gasteiger partial charge on any atom is -0.497 e. The van der Waals surface area contributed by atoms with Crippen LogP contribution < -0.4 is 10.1 Å². The number of nitrogens with zero attached hydrogens (tertiary/aromatic N) is 4. The maximum Gasteiger partial charge on any atom is 0.241 e. The second kappa shape index (κ2) is 9.51. The van der Waals surface area contributed by atoms with Crippen molar-refractivity contribution in [2.24, 2.45) is 0 Å². The highest BCUT2D eigenvalue weighted by Crippen LogP contribution is 2.20. The van der Waals surface area contributed by atoms with E-state index < -0.39 is 0 Å². The minimum atomic E-state index is 0. The van der Waals surface area contributed by atoms with Crippen LogP contribution in [0.1, 0.15) is 5.89 Å². The number of piperazine rings is 1. The van der Waals surface area contributed by atoms with Crippen molar-refractivity contribution in [2.75, 3.05) is 46.9 Å². The van der Waals surface area contributed by atoms with Gasteiger partial charge in [-0.1, -0.05) is 5.16 Å². The van der Waals surface area contributed by atoms with Crippen LogP contribution in [0.3, 0.4) is 0 Å². The number of carbonyl (C=O) groups is 1. The molecule has 26 heavy (non-hydrogen) atoms. The van der Waals surface area contributed by atoms with Crippen LogP contribution in [0.5, 0.6) is 5.75 Å². The van der Waals surface area contributed by atoms with Gasteiger partial charge in [0.15, 0.2) is 0 Å². The lowest BCUT2D eigenvalue weighted by Crippen LogP contribution is -2.50. The largest absolute Gasteiger partial charge is 0.497 e. The minimum absolute atomic E-state index is 0. The van der Waals surface area contributed by atoms with E-state index >= 15 is 0 Å². The topological polar surface area (TPSA) is 83.7 Å². The fourth-order valence-corrected chi connectivity index (χ4v) is 2.79. The van der Waals surface area contributed by atoms with Gasteiger partial charge in [0.05, 0.1) is 20.2 Å². The van der Waals surface area contributed by atoms with Gasteiger partial charge in [0.1, 0.15) is 5.75 Å². The molecule has 9 heteroatoms. The molecule has 1 aliphatic rings. The number of rotatable bonds is 6. The van der Waals surface area contributed by atoms with Crippen LogP contribution in [0.25, 0.3) is 11.4 Å². The first-order valence-corrected chi connectivity index (χ1v) is 8.31. The standard InChI is InChI=1S/C17H23N5O3.ClH/c1-18-11-16(23)22-9-7-21(8-10-22)12-15-19-17(20-25-15)13-3-5-14(24-2)6-4-13;/h3-6,18H,7-12H2,1-2H3;1H. The van der Waals surface area contributed by atoms with Gasteiger partial charge in [0.2, 0.25) is 17.6 Å². The van der Waals surface area contributed by atoms with Gasteiger partial charge >= 0.3 is 0 Å². The lowest BCUT2D eigenvalue weighted by molar-refractivity contribution is -0.131. The van der Waals surface area contributed by atoms with Crippen molar-refractivity contribution < 1.29 is 14.1 Å². The molecule has 0 bridgehead atoms. The third kappa shape index (κ3) is 4.94. The molecule has 8 nitrogen and oxygen atoms in total. The van der Waals surface area contributed by atoms with Crippen LogP contribution in [0, 0.1) is 0 Å². The first-order valence-electron chi connectivity index (χ1n) is 8.31. The molecule has 1 aromatic carbocycles. The van der Waals surface area contributed by atoms with E-state index in [1.807, 2.05) is 29.2 Å². The van der Waals surface area contributed by atoms with Gasteiger partial charge in [-0.2, -0.15) is 4.98 Å². The zero-order valence-corrected chi connectivity index (χ0v) is 15.8. The summed E-state index contributed by atoms with van der Waals surface area (Å²) in [4.78, 5) is 20.4. The average Bonchev–Trinajstić information content (AvgIpc) is 3.11. The average molecular weight is 382 g/mol. The molecule has 1 aromatic heterocycles. The van der Waals surface area contributed by atoms with Gasteiger partial charge in [-0.15, -0.1) is 12.4 Å². The molecule has 0 atom stereocenters. The molecule has 1 saturated heterocycles. The molecule has 0 saturated carbocycles. The molecular weight excluding hydrogens is 358 g/mol. The molecule has 1 aliphatic heterocycles. The number of benzene rings is 1. The summed E-state index contributed by atoms with van der Waals surface area (Å²) < 4.78 is 10.5. The Bertz CT molecular complexity index is 699.